The van der Waals surface area contributed by atoms with Crippen LogP contribution >= 0.6 is 23.2 Å². The first-order valence-electron chi connectivity index (χ1n) is 23.5. The number of aromatic nitrogens is 2. The molecule has 2 aromatic heterocycles. The summed E-state index contributed by atoms with van der Waals surface area (Å²) in [6.07, 6.45) is 13.7. The minimum absolute atomic E-state index is 0.250. The molecule has 8 rings (SSSR count). The van der Waals surface area contributed by atoms with Gasteiger partial charge in [0.15, 0.2) is 0 Å². The van der Waals surface area contributed by atoms with Gasteiger partial charge < -0.3 is 28.8 Å². The fourth-order valence-electron chi connectivity index (χ4n) is 8.76. The van der Waals surface area contributed by atoms with E-state index < -0.39 is 0 Å². The summed E-state index contributed by atoms with van der Waals surface area (Å²) in [6, 6.07) is 28.2. The zero-order valence-electron chi connectivity index (χ0n) is 40.2. The standard InChI is InChI=1S/C54H54Cl2N6O4.CH2O2.CH2O/c1-37-43(35-65-53-23-51(63-33-41-19-39(25-57)27-59-29-41)45(21-49(53)55)31-61-15-5-3-6-16-61)11-9-13-47(37)48-14-10-12-44(38(48)2)36-66-54-24-52(64-34-42-20-40(26-58)28-60-30-42)46(22-50(54)56)32-62-17-7-4-8-18-62;2-1-3;1-2/h9-14,19-24,27-30H,3-8,15-18,31-36H2,1-2H3;1H,(H,2,3);1H2. The van der Waals surface area contributed by atoms with E-state index in [4.69, 9.17) is 56.8 Å². The third-order valence-corrected chi connectivity index (χ3v) is 13.1. The van der Waals surface area contributed by atoms with E-state index in [0.29, 0.717) is 57.4 Å². The molecule has 4 aromatic carbocycles. The molecule has 2 fully saturated rings. The van der Waals surface area contributed by atoms with Gasteiger partial charge in [0.2, 0.25) is 0 Å². The van der Waals surface area contributed by atoms with Crippen molar-refractivity contribution >= 4 is 36.5 Å². The highest BCUT2D eigenvalue weighted by molar-refractivity contribution is 6.32. The number of halogens is 2. The second-order valence-corrected chi connectivity index (χ2v) is 18.1. The van der Waals surface area contributed by atoms with Crippen LogP contribution in [0.1, 0.15) is 94.2 Å². The number of hydrogen-bond donors (Lipinski definition) is 1. The van der Waals surface area contributed by atoms with E-state index in [1.807, 2.05) is 31.1 Å². The Morgan fingerprint density at radius 2 is 0.958 bits per heavy atom. The summed E-state index contributed by atoms with van der Waals surface area (Å²) in [5, 5.41) is 26.7. The lowest BCUT2D eigenvalue weighted by atomic mass is 9.92. The summed E-state index contributed by atoms with van der Waals surface area (Å²) in [7, 11) is 0. The van der Waals surface area contributed by atoms with Crippen LogP contribution in [0, 0.1) is 36.5 Å². The number of likely N-dealkylation sites (tertiary alicyclic amines) is 2. The van der Waals surface area contributed by atoms with Crippen LogP contribution in [-0.2, 0) is 49.1 Å². The second kappa shape index (κ2) is 27.4. The number of piperidine rings is 2. The van der Waals surface area contributed by atoms with E-state index >= 15 is 0 Å². The number of nitriles is 2. The average molecular weight is 998 g/mol. The number of nitrogens with zero attached hydrogens (tertiary/aromatic N) is 6. The summed E-state index contributed by atoms with van der Waals surface area (Å²) >= 11 is 13.9. The van der Waals surface area contributed by atoms with Crippen molar-refractivity contribution in [3.05, 3.63) is 163 Å². The molecule has 6 aromatic rings. The van der Waals surface area contributed by atoms with Crippen LogP contribution in [0.5, 0.6) is 23.0 Å². The monoisotopic (exact) mass is 996 g/mol. The molecule has 15 heteroatoms. The Morgan fingerprint density at radius 3 is 1.34 bits per heavy atom. The third kappa shape index (κ3) is 15.0. The molecule has 0 amide bonds. The van der Waals surface area contributed by atoms with E-state index in [2.05, 4.69) is 82.2 Å². The number of ether oxygens (including phenoxy) is 4. The number of pyridine rings is 2. The van der Waals surface area contributed by atoms with Gasteiger partial charge in [-0.15, -0.1) is 0 Å². The van der Waals surface area contributed by atoms with Gasteiger partial charge in [0.25, 0.3) is 6.47 Å². The van der Waals surface area contributed by atoms with Gasteiger partial charge in [-0.25, -0.2) is 0 Å². The molecule has 2 aliphatic rings. The molecule has 13 nitrogen and oxygen atoms in total. The van der Waals surface area contributed by atoms with Crippen molar-refractivity contribution in [1.29, 1.82) is 10.5 Å². The maximum Gasteiger partial charge on any atom is 0.290 e. The molecule has 4 heterocycles. The first kappa shape index (κ1) is 53.4. The van der Waals surface area contributed by atoms with Gasteiger partial charge in [-0.3, -0.25) is 24.6 Å². The van der Waals surface area contributed by atoms with Crippen molar-refractivity contribution in [2.75, 3.05) is 26.2 Å². The average Bonchev–Trinajstić information content (AvgIpc) is 3.40. The number of carbonyl (C=O) groups is 2. The Balaban J connectivity index is 0.00000159. The summed E-state index contributed by atoms with van der Waals surface area (Å²) in [5.74, 6) is 2.46. The smallest absolute Gasteiger partial charge is 0.290 e. The lowest BCUT2D eigenvalue weighted by molar-refractivity contribution is -0.122. The summed E-state index contributed by atoms with van der Waals surface area (Å²) in [5.41, 5.74) is 11.0. The minimum atomic E-state index is -0.250. The van der Waals surface area contributed by atoms with Gasteiger partial charge in [-0.2, -0.15) is 10.5 Å². The quantitative estimate of drug-likeness (QED) is 0.0857. The topological polar surface area (TPSA) is 171 Å². The molecule has 1 N–H and O–H groups in total. The van der Waals surface area contributed by atoms with E-state index in [1.165, 1.54) is 38.5 Å². The molecule has 368 valence electrons. The SMILES string of the molecule is C=O.Cc1c(COc2cc(OCc3cncc(C#N)c3)c(CN3CCCCC3)cc2Cl)cccc1-c1cccc(COc2cc(OCc3cncc(C#N)c3)c(CN3CCCCC3)cc2Cl)c1C.O=CO. The Hall–Kier alpha value is -7.00. The summed E-state index contributed by atoms with van der Waals surface area (Å²) in [6.45, 7) is 12.7. The summed E-state index contributed by atoms with van der Waals surface area (Å²) < 4.78 is 25.8. The fourth-order valence-corrected chi connectivity index (χ4v) is 9.24. The lowest BCUT2D eigenvalue weighted by Gasteiger charge is -2.27. The largest absolute Gasteiger partial charge is 0.488 e. The third-order valence-electron chi connectivity index (χ3n) is 12.5. The number of benzene rings is 4. The maximum atomic E-state index is 9.40. The molecule has 0 aliphatic carbocycles. The van der Waals surface area contributed by atoms with Gasteiger partial charge in [0.05, 0.1) is 21.2 Å². The van der Waals surface area contributed by atoms with Gasteiger partial charge in [-0.05, 0) is 123 Å². The van der Waals surface area contributed by atoms with Crippen molar-refractivity contribution in [3.63, 3.8) is 0 Å². The van der Waals surface area contributed by atoms with Crippen molar-refractivity contribution < 1.29 is 33.6 Å². The highest BCUT2D eigenvalue weighted by Gasteiger charge is 2.20. The Morgan fingerprint density at radius 1 is 0.577 bits per heavy atom. The molecule has 2 aliphatic heterocycles. The fraction of sp³-hybridized carbons (Fsp3) is 0.321. The van der Waals surface area contributed by atoms with Gasteiger partial charge in [-0.1, -0.05) is 72.4 Å². The normalized spacial score (nSPS) is 13.5. The van der Waals surface area contributed by atoms with Crippen molar-refractivity contribution in [2.24, 2.45) is 0 Å². The van der Waals surface area contributed by atoms with Crippen LogP contribution in [0.25, 0.3) is 11.1 Å². The second-order valence-electron chi connectivity index (χ2n) is 17.3. The Kier molecular flexibility index (Phi) is 20.6. The number of carboxylic acid groups (broad SMARTS) is 1. The molecule has 0 atom stereocenters. The Bertz CT molecular complexity index is 2630. The van der Waals surface area contributed by atoms with Crippen molar-refractivity contribution in [3.8, 4) is 46.3 Å². The first-order chi connectivity index (χ1) is 34.7. The van der Waals surface area contributed by atoms with Crippen LogP contribution in [-0.4, -0.2) is 64.3 Å². The molecular weight excluding hydrogens is 940 g/mol. The van der Waals surface area contributed by atoms with Crippen molar-refractivity contribution in [2.45, 2.75) is 91.9 Å². The number of rotatable bonds is 17. The molecule has 0 radical (unpaired) electrons. The van der Waals surface area contributed by atoms with Crippen LogP contribution in [0.4, 0.5) is 0 Å². The number of hydrogen-bond acceptors (Lipinski definition) is 12. The number of carbonyl (C=O) groups excluding carboxylic acids is 1. The van der Waals surface area contributed by atoms with E-state index in [1.54, 1.807) is 36.9 Å². The molecule has 0 saturated carbocycles. The molecule has 0 spiro atoms. The minimum Gasteiger partial charge on any atom is -0.488 e. The van der Waals surface area contributed by atoms with Crippen molar-refractivity contribution in [1.82, 2.24) is 19.8 Å². The van der Waals surface area contributed by atoms with Crippen LogP contribution in [0.2, 0.25) is 10.0 Å². The molecular formula is C56H58Cl2N6O7. The van der Waals surface area contributed by atoms with Gasteiger partial charge >= 0.3 is 0 Å². The van der Waals surface area contributed by atoms with Crippen LogP contribution in [0.15, 0.2) is 97.6 Å². The maximum absolute atomic E-state index is 9.40. The lowest BCUT2D eigenvalue weighted by Crippen LogP contribution is -2.29. The van der Waals surface area contributed by atoms with Crippen LogP contribution in [0.3, 0.4) is 0 Å². The molecule has 71 heavy (non-hydrogen) atoms. The zero-order chi connectivity index (χ0) is 50.5. The van der Waals surface area contributed by atoms with E-state index in [-0.39, 0.29) is 19.7 Å². The highest BCUT2D eigenvalue weighted by Crippen LogP contribution is 2.38. The summed E-state index contributed by atoms with van der Waals surface area (Å²) in [4.78, 5) is 29.7. The molecule has 2 saturated heterocycles. The zero-order valence-corrected chi connectivity index (χ0v) is 41.7. The van der Waals surface area contributed by atoms with Gasteiger partial charge in [0.1, 0.15) is 68.4 Å². The molecule has 0 unspecified atom stereocenters. The Labute approximate surface area is 426 Å². The van der Waals surface area contributed by atoms with E-state index in [0.717, 1.165) is 94.9 Å². The molecule has 0 bridgehead atoms. The van der Waals surface area contributed by atoms with Gasteiger partial charge in [0, 0.05) is 72.3 Å². The predicted octanol–water partition coefficient (Wildman–Crippen LogP) is 11.6. The first-order valence-corrected chi connectivity index (χ1v) is 24.2. The van der Waals surface area contributed by atoms with Crippen LogP contribution < -0.4 is 18.9 Å². The highest BCUT2D eigenvalue weighted by atomic mass is 35.5. The predicted molar refractivity (Wildman–Crippen MR) is 274 cm³/mol. The van der Waals surface area contributed by atoms with E-state index in [9.17, 15) is 10.5 Å².